The van der Waals surface area contributed by atoms with Gasteiger partial charge < -0.3 is 10.2 Å². The van der Waals surface area contributed by atoms with E-state index in [4.69, 9.17) is 0 Å². The van der Waals surface area contributed by atoms with Crippen LogP contribution in [0.1, 0.15) is 19.8 Å². The highest BCUT2D eigenvalue weighted by Gasteiger charge is 2.25. The molecule has 5 heteroatoms. The number of carbonyl (C=O) groups is 2. The molecule has 1 fully saturated rings. The lowest BCUT2D eigenvalue weighted by Gasteiger charge is -2.29. The lowest BCUT2D eigenvalue weighted by atomic mass is 9.99. The van der Waals surface area contributed by atoms with E-state index in [9.17, 15) is 9.59 Å². The van der Waals surface area contributed by atoms with Crippen LogP contribution in [0.3, 0.4) is 0 Å². The second-order valence-corrected chi connectivity index (χ2v) is 5.85. The molecule has 2 amide bonds. The van der Waals surface area contributed by atoms with Crippen LogP contribution in [0.15, 0.2) is 28.7 Å². The summed E-state index contributed by atoms with van der Waals surface area (Å²) < 4.78 is 0.865. The number of hydrogen-bond acceptors (Lipinski definition) is 2. The molecule has 102 valence electrons. The summed E-state index contributed by atoms with van der Waals surface area (Å²) in [6.07, 6.45) is 1.94. The summed E-state index contributed by atoms with van der Waals surface area (Å²) in [5.41, 5.74) is 0.623. The van der Waals surface area contributed by atoms with Crippen LogP contribution in [-0.4, -0.2) is 29.8 Å². The van der Waals surface area contributed by atoms with Gasteiger partial charge in [-0.05, 0) is 37.0 Å². The molecule has 0 bridgehead atoms. The summed E-state index contributed by atoms with van der Waals surface area (Å²) in [6, 6.07) is 7.20. The molecule has 0 saturated carbocycles. The highest BCUT2D eigenvalue weighted by atomic mass is 79.9. The fraction of sp³-hybridized carbons (Fsp3) is 0.429. The van der Waals surface area contributed by atoms with Gasteiger partial charge in [-0.25, -0.2) is 0 Å². The van der Waals surface area contributed by atoms with Gasteiger partial charge in [-0.15, -0.1) is 0 Å². The number of nitrogens with zero attached hydrogens (tertiary/aromatic N) is 1. The number of amides is 2. The number of carbonyl (C=O) groups excluding carboxylic acids is 2. The van der Waals surface area contributed by atoms with E-state index in [2.05, 4.69) is 28.2 Å². The Balaban J connectivity index is 1.94. The van der Waals surface area contributed by atoms with Gasteiger partial charge in [-0.1, -0.05) is 28.9 Å². The smallest absolute Gasteiger partial charge is 0.313 e. The van der Waals surface area contributed by atoms with Crippen LogP contribution in [0.4, 0.5) is 5.69 Å². The van der Waals surface area contributed by atoms with Crippen molar-refractivity contribution in [3.05, 3.63) is 28.7 Å². The van der Waals surface area contributed by atoms with Crippen LogP contribution in [0, 0.1) is 5.92 Å². The molecule has 19 heavy (non-hydrogen) atoms. The van der Waals surface area contributed by atoms with Crippen LogP contribution in [-0.2, 0) is 9.59 Å². The minimum atomic E-state index is -0.562. The molecule has 2 rings (SSSR count). The van der Waals surface area contributed by atoms with E-state index in [1.807, 2.05) is 12.1 Å². The maximum atomic E-state index is 12.0. The minimum Gasteiger partial charge on any atom is -0.334 e. The van der Waals surface area contributed by atoms with Crippen molar-refractivity contribution in [2.24, 2.45) is 5.92 Å². The Labute approximate surface area is 121 Å². The molecule has 0 aliphatic carbocycles. The highest BCUT2D eigenvalue weighted by molar-refractivity contribution is 9.10. The molecule has 1 aliphatic heterocycles. The van der Waals surface area contributed by atoms with Crippen LogP contribution < -0.4 is 5.32 Å². The van der Waals surface area contributed by atoms with Crippen molar-refractivity contribution in [3.63, 3.8) is 0 Å². The monoisotopic (exact) mass is 324 g/mol. The molecule has 1 N–H and O–H groups in total. The molecule has 0 atom stereocenters. The first-order chi connectivity index (χ1) is 9.06. The summed E-state index contributed by atoms with van der Waals surface area (Å²) >= 11 is 3.33. The van der Waals surface area contributed by atoms with Gasteiger partial charge in [0.1, 0.15) is 0 Å². The summed E-state index contributed by atoms with van der Waals surface area (Å²) in [5, 5.41) is 2.63. The van der Waals surface area contributed by atoms with Crippen LogP contribution >= 0.6 is 15.9 Å². The topological polar surface area (TPSA) is 49.4 Å². The largest absolute Gasteiger partial charge is 0.334 e. The predicted octanol–water partition coefficient (Wildman–Crippen LogP) is 2.65. The van der Waals surface area contributed by atoms with Crippen molar-refractivity contribution < 1.29 is 9.59 Å². The minimum absolute atomic E-state index is 0.438. The van der Waals surface area contributed by atoms with E-state index in [-0.39, 0.29) is 0 Å². The number of hydrogen-bond donors (Lipinski definition) is 1. The van der Waals surface area contributed by atoms with Gasteiger partial charge in [-0.3, -0.25) is 9.59 Å². The molecular formula is C14H17BrN2O2. The van der Waals surface area contributed by atoms with Crippen molar-refractivity contribution >= 4 is 33.4 Å². The standard InChI is InChI=1S/C14H17BrN2O2/c1-10-5-7-17(8-6-10)14(19)13(18)16-12-4-2-3-11(15)9-12/h2-4,9-10H,5-8H2,1H3,(H,16,18). The predicted molar refractivity (Wildman–Crippen MR) is 77.7 cm³/mol. The van der Waals surface area contributed by atoms with E-state index < -0.39 is 11.8 Å². The van der Waals surface area contributed by atoms with Gasteiger partial charge in [0.15, 0.2) is 0 Å². The number of halogens is 1. The lowest BCUT2D eigenvalue weighted by molar-refractivity contribution is -0.144. The van der Waals surface area contributed by atoms with Crippen LogP contribution in [0.25, 0.3) is 0 Å². The number of likely N-dealkylation sites (tertiary alicyclic amines) is 1. The first-order valence-electron chi connectivity index (χ1n) is 6.42. The zero-order valence-electron chi connectivity index (χ0n) is 10.9. The first kappa shape index (κ1) is 14.1. The van der Waals surface area contributed by atoms with Crippen molar-refractivity contribution in [3.8, 4) is 0 Å². The molecule has 1 heterocycles. The molecule has 1 aliphatic rings. The molecule has 1 aromatic carbocycles. The average molecular weight is 325 g/mol. The van der Waals surface area contributed by atoms with Gasteiger partial charge in [0.2, 0.25) is 0 Å². The Morgan fingerprint density at radius 3 is 2.63 bits per heavy atom. The third-order valence-electron chi connectivity index (χ3n) is 3.35. The second kappa shape index (κ2) is 6.19. The lowest BCUT2D eigenvalue weighted by Crippen LogP contribution is -2.43. The van der Waals surface area contributed by atoms with Crippen molar-refractivity contribution in [2.45, 2.75) is 19.8 Å². The number of rotatable bonds is 1. The zero-order chi connectivity index (χ0) is 13.8. The fourth-order valence-electron chi connectivity index (χ4n) is 2.11. The van der Waals surface area contributed by atoms with Gasteiger partial charge in [0.05, 0.1) is 0 Å². The number of nitrogens with one attached hydrogen (secondary N) is 1. The van der Waals surface area contributed by atoms with Gasteiger partial charge in [0.25, 0.3) is 0 Å². The average Bonchev–Trinajstić information content (AvgIpc) is 2.39. The van der Waals surface area contributed by atoms with E-state index in [1.165, 1.54) is 0 Å². The summed E-state index contributed by atoms with van der Waals surface area (Å²) in [6.45, 7) is 3.52. The first-order valence-corrected chi connectivity index (χ1v) is 7.21. The van der Waals surface area contributed by atoms with E-state index >= 15 is 0 Å². The Hall–Kier alpha value is -1.36. The molecular weight excluding hydrogens is 308 g/mol. The van der Waals surface area contributed by atoms with E-state index in [1.54, 1.807) is 17.0 Å². The van der Waals surface area contributed by atoms with Crippen molar-refractivity contribution in [1.29, 1.82) is 0 Å². The Morgan fingerprint density at radius 2 is 2.00 bits per heavy atom. The Morgan fingerprint density at radius 1 is 1.32 bits per heavy atom. The molecule has 0 spiro atoms. The molecule has 0 unspecified atom stereocenters. The van der Waals surface area contributed by atoms with Gasteiger partial charge in [-0.2, -0.15) is 0 Å². The van der Waals surface area contributed by atoms with E-state index in [0.29, 0.717) is 24.7 Å². The van der Waals surface area contributed by atoms with Crippen molar-refractivity contribution in [2.75, 3.05) is 18.4 Å². The van der Waals surface area contributed by atoms with Crippen LogP contribution in [0.2, 0.25) is 0 Å². The normalized spacial score (nSPS) is 16.2. The number of piperidine rings is 1. The summed E-state index contributed by atoms with van der Waals surface area (Å²) in [7, 11) is 0. The number of benzene rings is 1. The molecule has 1 aromatic rings. The third-order valence-corrected chi connectivity index (χ3v) is 3.84. The van der Waals surface area contributed by atoms with E-state index in [0.717, 1.165) is 17.3 Å². The maximum Gasteiger partial charge on any atom is 0.313 e. The highest BCUT2D eigenvalue weighted by Crippen LogP contribution is 2.18. The summed E-state index contributed by atoms with van der Waals surface area (Å²) in [5.74, 6) is -0.364. The fourth-order valence-corrected chi connectivity index (χ4v) is 2.51. The Bertz CT molecular complexity index is 482. The summed E-state index contributed by atoms with van der Waals surface area (Å²) in [4.78, 5) is 25.5. The number of anilines is 1. The second-order valence-electron chi connectivity index (χ2n) is 4.94. The quantitative estimate of drug-likeness (QED) is 0.807. The van der Waals surface area contributed by atoms with Gasteiger partial charge in [0, 0.05) is 23.2 Å². The third kappa shape index (κ3) is 3.80. The zero-order valence-corrected chi connectivity index (χ0v) is 12.4. The van der Waals surface area contributed by atoms with Gasteiger partial charge >= 0.3 is 11.8 Å². The van der Waals surface area contributed by atoms with Crippen molar-refractivity contribution in [1.82, 2.24) is 4.90 Å². The maximum absolute atomic E-state index is 12.0. The molecule has 1 saturated heterocycles. The molecule has 4 nitrogen and oxygen atoms in total. The Kier molecular flexibility index (Phi) is 4.58. The molecule has 0 aromatic heterocycles. The SMILES string of the molecule is CC1CCN(C(=O)C(=O)Nc2cccc(Br)c2)CC1. The van der Waals surface area contributed by atoms with Crippen LogP contribution in [0.5, 0.6) is 0 Å². The molecule has 0 radical (unpaired) electrons.